The van der Waals surface area contributed by atoms with E-state index in [0.29, 0.717) is 5.41 Å². The fourth-order valence-corrected chi connectivity index (χ4v) is 3.91. The predicted octanol–water partition coefficient (Wildman–Crippen LogP) is 2.49. The van der Waals surface area contributed by atoms with Gasteiger partial charge in [0.2, 0.25) is 0 Å². The highest BCUT2D eigenvalue weighted by Gasteiger charge is 2.52. The Kier molecular flexibility index (Phi) is 1.59. The van der Waals surface area contributed by atoms with Crippen LogP contribution in [-0.4, -0.2) is 13.6 Å². The zero-order chi connectivity index (χ0) is 8.89. The third kappa shape index (κ3) is 1.02. The van der Waals surface area contributed by atoms with Crippen LogP contribution >= 0.6 is 11.3 Å². The van der Waals surface area contributed by atoms with Gasteiger partial charge in [-0.1, -0.05) is 0 Å². The Morgan fingerprint density at radius 2 is 2.46 bits per heavy atom. The molecule has 1 N–H and O–H groups in total. The average Bonchev–Trinajstić information content (AvgIpc) is 2.61. The van der Waals surface area contributed by atoms with Crippen molar-refractivity contribution in [2.45, 2.75) is 30.6 Å². The van der Waals surface area contributed by atoms with Crippen LogP contribution in [0.2, 0.25) is 0 Å². The van der Waals surface area contributed by atoms with E-state index in [0.717, 1.165) is 12.5 Å². The lowest BCUT2D eigenvalue weighted by molar-refractivity contribution is 0.558. The van der Waals surface area contributed by atoms with Gasteiger partial charge in [0, 0.05) is 17.3 Å². The van der Waals surface area contributed by atoms with Crippen LogP contribution in [0.5, 0.6) is 0 Å². The van der Waals surface area contributed by atoms with Gasteiger partial charge in [0.25, 0.3) is 0 Å². The number of rotatable bonds is 2. The van der Waals surface area contributed by atoms with Crippen molar-refractivity contribution in [2.75, 3.05) is 13.6 Å². The van der Waals surface area contributed by atoms with Crippen LogP contribution in [0, 0.1) is 0 Å². The van der Waals surface area contributed by atoms with Crippen molar-refractivity contribution in [3.8, 4) is 0 Å². The number of hydrogen-bond donors (Lipinski definition) is 1. The third-order valence-electron chi connectivity index (χ3n) is 3.58. The van der Waals surface area contributed by atoms with Crippen molar-refractivity contribution in [2.24, 2.45) is 0 Å². The molecule has 1 atom stereocenters. The molecule has 1 unspecified atom stereocenters. The lowest BCUT2D eigenvalue weighted by Crippen LogP contribution is -2.15. The fourth-order valence-electron chi connectivity index (χ4n) is 2.79. The van der Waals surface area contributed by atoms with Gasteiger partial charge in [-0.25, -0.2) is 0 Å². The summed E-state index contributed by atoms with van der Waals surface area (Å²) in [7, 11) is 2.06. The molecule has 13 heavy (non-hydrogen) atoms. The SMILES string of the molecule is CNCC1CC2(CC2)c2ccsc21. The summed E-state index contributed by atoms with van der Waals surface area (Å²) in [6.45, 7) is 1.16. The Bertz CT molecular complexity index is 325. The molecule has 0 radical (unpaired) electrons. The molecule has 3 rings (SSSR count). The molecule has 0 aliphatic heterocycles. The van der Waals surface area contributed by atoms with Gasteiger partial charge < -0.3 is 5.32 Å². The smallest absolute Gasteiger partial charge is 0.0127 e. The lowest BCUT2D eigenvalue weighted by Gasteiger charge is -2.09. The molecule has 1 fully saturated rings. The fraction of sp³-hybridized carbons (Fsp3) is 0.636. The zero-order valence-electron chi connectivity index (χ0n) is 7.97. The highest BCUT2D eigenvalue weighted by Crippen LogP contribution is 2.61. The van der Waals surface area contributed by atoms with Gasteiger partial charge in [-0.15, -0.1) is 11.3 Å². The Morgan fingerprint density at radius 3 is 3.15 bits per heavy atom. The van der Waals surface area contributed by atoms with E-state index in [4.69, 9.17) is 0 Å². The van der Waals surface area contributed by atoms with Crippen molar-refractivity contribution >= 4 is 11.3 Å². The van der Waals surface area contributed by atoms with Gasteiger partial charge in [-0.05, 0) is 48.7 Å². The van der Waals surface area contributed by atoms with Gasteiger partial charge in [-0.3, -0.25) is 0 Å². The molecule has 1 heterocycles. The molecule has 1 spiro atoms. The minimum Gasteiger partial charge on any atom is -0.319 e. The Labute approximate surface area is 83.2 Å². The van der Waals surface area contributed by atoms with Crippen LogP contribution in [0.3, 0.4) is 0 Å². The molecule has 1 aromatic heterocycles. The predicted molar refractivity (Wildman–Crippen MR) is 56.5 cm³/mol. The quantitative estimate of drug-likeness (QED) is 0.761. The minimum absolute atomic E-state index is 0.650. The number of hydrogen-bond acceptors (Lipinski definition) is 2. The largest absolute Gasteiger partial charge is 0.319 e. The summed E-state index contributed by atoms with van der Waals surface area (Å²) in [5.41, 5.74) is 2.34. The maximum absolute atomic E-state index is 3.31. The molecule has 0 aromatic carbocycles. The van der Waals surface area contributed by atoms with E-state index < -0.39 is 0 Å². The molecule has 70 valence electrons. The molecular formula is C11H15NS. The first kappa shape index (κ1) is 8.01. The van der Waals surface area contributed by atoms with Crippen molar-refractivity contribution < 1.29 is 0 Å². The second kappa shape index (κ2) is 2.58. The Morgan fingerprint density at radius 1 is 1.62 bits per heavy atom. The average molecular weight is 193 g/mol. The summed E-state index contributed by atoms with van der Waals surface area (Å²) in [4.78, 5) is 1.67. The number of nitrogens with one attached hydrogen (secondary N) is 1. The standard InChI is InChI=1S/C11H15NS/c1-12-7-8-6-11(3-4-11)9-2-5-13-10(8)9/h2,5,8,12H,3-4,6-7H2,1H3. The monoisotopic (exact) mass is 193 g/mol. The van der Waals surface area contributed by atoms with Crippen molar-refractivity contribution in [3.63, 3.8) is 0 Å². The van der Waals surface area contributed by atoms with E-state index in [1.54, 1.807) is 10.4 Å². The van der Waals surface area contributed by atoms with Gasteiger partial charge in [-0.2, -0.15) is 0 Å². The van der Waals surface area contributed by atoms with Crippen molar-refractivity contribution in [3.05, 3.63) is 21.9 Å². The number of likely N-dealkylation sites (N-methyl/N-ethyl adjacent to an activating group) is 1. The molecule has 1 aromatic rings. The van der Waals surface area contributed by atoms with Gasteiger partial charge >= 0.3 is 0 Å². The third-order valence-corrected chi connectivity index (χ3v) is 4.66. The van der Waals surface area contributed by atoms with Gasteiger partial charge in [0.1, 0.15) is 0 Å². The van der Waals surface area contributed by atoms with Crippen LogP contribution in [-0.2, 0) is 5.41 Å². The molecular weight excluding hydrogens is 178 g/mol. The maximum atomic E-state index is 3.31. The van der Waals surface area contributed by atoms with Gasteiger partial charge in [0.15, 0.2) is 0 Å². The highest BCUT2D eigenvalue weighted by molar-refractivity contribution is 7.10. The molecule has 2 aliphatic carbocycles. The van der Waals surface area contributed by atoms with E-state index in [1.165, 1.54) is 19.3 Å². The van der Waals surface area contributed by atoms with E-state index in [-0.39, 0.29) is 0 Å². The van der Waals surface area contributed by atoms with Gasteiger partial charge in [0.05, 0.1) is 0 Å². The van der Waals surface area contributed by atoms with Crippen LogP contribution in [0.4, 0.5) is 0 Å². The molecule has 1 saturated carbocycles. The second-order valence-electron chi connectivity index (χ2n) is 4.44. The normalized spacial score (nSPS) is 27.9. The van der Waals surface area contributed by atoms with Crippen molar-refractivity contribution in [1.82, 2.24) is 5.32 Å². The summed E-state index contributed by atoms with van der Waals surface area (Å²) < 4.78 is 0. The lowest BCUT2D eigenvalue weighted by atomic mass is 9.99. The summed E-state index contributed by atoms with van der Waals surface area (Å²) in [6.07, 6.45) is 4.30. The van der Waals surface area contributed by atoms with E-state index in [9.17, 15) is 0 Å². The Hall–Kier alpha value is -0.340. The topological polar surface area (TPSA) is 12.0 Å². The first-order chi connectivity index (χ1) is 6.36. The number of thiophene rings is 1. The zero-order valence-corrected chi connectivity index (χ0v) is 8.79. The summed E-state index contributed by atoms with van der Waals surface area (Å²) in [5, 5.41) is 5.58. The Balaban J connectivity index is 1.97. The van der Waals surface area contributed by atoms with Crippen LogP contribution in [0.25, 0.3) is 0 Å². The maximum Gasteiger partial charge on any atom is 0.0127 e. The summed E-state index contributed by atoms with van der Waals surface area (Å²) in [5.74, 6) is 0.808. The van der Waals surface area contributed by atoms with E-state index in [1.807, 2.05) is 11.3 Å². The first-order valence-electron chi connectivity index (χ1n) is 5.08. The van der Waals surface area contributed by atoms with Crippen LogP contribution < -0.4 is 5.32 Å². The minimum atomic E-state index is 0.650. The molecule has 0 saturated heterocycles. The van der Waals surface area contributed by atoms with Crippen LogP contribution in [0.15, 0.2) is 11.4 Å². The number of fused-ring (bicyclic) bond motifs is 2. The second-order valence-corrected chi connectivity index (χ2v) is 5.39. The molecule has 0 bridgehead atoms. The summed E-state index contributed by atoms with van der Waals surface area (Å²) in [6, 6.07) is 2.36. The van der Waals surface area contributed by atoms with E-state index in [2.05, 4.69) is 23.8 Å². The molecule has 1 nitrogen and oxygen atoms in total. The van der Waals surface area contributed by atoms with E-state index >= 15 is 0 Å². The van der Waals surface area contributed by atoms with Crippen LogP contribution in [0.1, 0.15) is 35.6 Å². The molecule has 2 heteroatoms. The first-order valence-corrected chi connectivity index (χ1v) is 5.96. The molecule has 2 aliphatic rings. The highest BCUT2D eigenvalue weighted by atomic mass is 32.1. The molecule has 0 amide bonds. The summed E-state index contributed by atoms with van der Waals surface area (Å²) >= 11 is 1.96. The van der Waals surface area contributed by atoms with Crippen molar-refractivity contribution in [1.29, 1.82) is 0 Å².